The van der Waals surface area contributed by atoms with Crippen LogP contribution in [0.15, 0.2) is 18.2 Å². The lowest BCUT2D eigenvalue weighted by Crippen LogP contribution is -2.34. The molecular formula is C14H17ClFNO2. The number of hydrogen-bond acceptors (Lipinski definition) is 2. The molecule has 3 nitrogen and oxygen atoms in total. The number of benzene rings is 1. The number of hydrogen-bond donors (Lipinski definition) is 1. The highest BCUT2D eigenvalue weighted by atomic mass is 35.5. The minimum atomic E-state index is -0.748. The molecule has 1 amide bonds. The highest BCUT2D eigenvalue weighted by Gasteiger charge is 2.28. The molecule has 1 saturated heterocycles. The first-order valence-electron chi connectivity index (χ1n) is 6.36. The van der Waals surface area contributed by atoms with Crippen molar-refractivity contribution < 1.29 is 14.3 Å². The minimum Gasteiger partial charge on any atom is -0.390 e. The zero-order valence-electron chi connectivity index (χ0n) is 10.8. The molecule has 19 heavy (non-hydrogen) atoms. The van der Waals surface area contributed by atoms with Gasteiger partial charge in [-0.05, 0) is 44.4 Å². The highest BCUT2D eigenvalue weighted by Crippen LogP contribution is 2.23. The Morgan fingerprint density at radius 1 is 1.42 bits per heavy atom. The summed E-state index contributed by atoms with van der Waals surface area (Å²) in [5.74, 6) is -0.928. The van der Waals surface area contributed by atoms with Crippen molar-refractivity contribution in [3.8, 4) is 0 Å². The maximum absolute atomic E-state index is 13.7. The molecule has 1 heterocycles. The van der Waals surface area contributed by atoms with Gasteiger partial charge in [0.05, 0.1) is 11.2 Å². The van der Waals surface area contributed by atoms with Crippen LogP contribution in [0.2, 0.25) is 5.02 Å². The fourth-order valence-corrected chi connectivity index (χ4v) is 2.47. The van der Waals surface area contributed by atoms with E-state index in [0.29, 0.717) is 37.4 Å². The van der Waals surface area contributed by atoms with Crippen molar-refractivity contribution in [1.82, 2.24) is 4.90 Å². The summed E-state index contributed by atoms with van der Waals surface area (Å²) >= 11 is 5.80. The van der Waals surface area contributed by atoms with Gasteiger partial charge in [-0.25, -0.2) is 4.39 Å². The third-order valence-corrected chi connectivity index (χ3v) is 3.74. The third kappa shape index (κ3) is 3.45. The Morgan fingerprint density at radius 3 is 2.89 bits per heavy atom. The van der Waals surface area contributed by atoms with Crippen LogP contribution in [0, 0.1) is 5.82 Å². The average Bonchev–Trinajstić information content (AvgIpc) is 2.52. The van der Waals surface area contributed by atoms with Crippen LogP contribution in [0.4, 0.5) is 4.39 Å². The maximum atomic E-state index is 13.7. The molecular weight excluding hydrogens is 269 g/mol. The normalized spacial score (nSPS) is 24.1. The first-order chi connectivity index (χ1) is 8.89. The number of amides is 1. The Balaban J connectivity index is 2.17. The number of likely N-dealkylation sites (tertiary alicyclic amines) is 1. The van der Waals surface area contributed by atoms with Crippen molar-refractivity contribution >= 4 is 17.5 Å². The van der Waals surface area contributed by atoms with E-state index in [1.54, 1.807) is 11.8 Å². The predicted octanol–water partition coefficient (Wildman–Crippen LogP) is 2.86. The van der Waals surface area contributed by atoms with E-state index < -0.39 is 11.4 Å². The van der Waals surface area contributed by atoms with Crippen molar-refractivity contribution in [1.29, 1.82) is 0 Å². The molecule has 0 saturated carbocycles. The molecule has 0 radical (unpaired) electrons. The molecule has 0 aromatic heterocycles. The van der Waals surface area contributed by atoms with Crippen LogP contribution in [0.5, 0.6) is 0 Å². The van der Waals surface area contributed by atoms with Gasteiger partial charge in [0.15, 0.2) is 0 Å². The van der Waals surface area contributed by atoms with Crippen molar-refractivity contribution in [3.63, 3.8) is 0 Å². The topological polar surface area (TPSA) is 40.5 Å². The van der Waals surface area contributed by atoms with Gasteiger partial charge >= 0.3 is 0 Å². The van der Waals surface area contributed by atoms with Crippen LogP contribution in [0.25, 0.3) is 0 Å². The van der Waals surface area contributed by atoms with Crippen molar-refractivity contribution in [3.05, 3.63) is 34.6 Å². The number of nitrogens with zero attached hydrogens (tertiary/aromatic N) is 1. The molecule has 1 fully saturated rings. The first kappa shape index (κ1) is 14.3. The summed E-state index contributed by atoms with van der Waals surface area (Å²) in [5, 5.41) is 10.3. The van der Waals surface area contributed by atoms with Crippen LogP contribution in [0.3, 0.4) is 0 Å². The van der Waals surface area contributed by atoms with Crippen LogP contribution in [-0.4, -0.2) is 34.6 Å². The molecule has 1 aromatic rings. The van der Waals surface area contributed by atoms with Crippen LogP contribution in [0.1, 0.15) is 36.5 Å². The van der Waals surface area contributed by atoms with Gasteiger partial charge in [-0.1, -0.05) is 11.6 Å². The van der Waals surface area contributed by atoms with Gasteiger partial charge in [-0.2, -0.15) is 0 Å². The molecule has 1 aliphatic heterocycles. The lowest BCUT2D eigenvalue weighted by molar-refractivity contribution is 0.0437. The van der Waals surface area contributed by atoms with E-state index in [2.05, 4.69) is 0 Å². The average molecular weight is 286 g/mol. The van der Waals surface area contributed by atoms with Gasteiger partial charge in [0.25, 0.3) is 5.91 Å². The molecule has 2 rings (SSSR count). The fraction of sp³-hybridized carbons (Fsp3) is 0.500. The summed E-state index contributed by atoms with van der Waals surface area (Å²) in [6.45, 7) is 2.72. The molecule has 5 heteroatoms. The first-order valence-corrected chi connectivity index (χ1v) is 6.73. The van der Waals surface area contributed by atoms with E-state index >= 15 is 0 Å². The van der Waals surface area contributed by atoms with E-state index in [1.807, 2.05) is 0 Å². The van der Waals surface area contributed by atoms with E-state index in [1.165, 1.54) is 18.2 Å². The van der Waals surface area contributed by atoms with E-state index in [9.17, 15) is 14.3 Å². The number of aliphatic hydroxyl groups is 1. The molecule has 0 spiro atoms. The number of carbonyl (C=O) groups excluding carboxylic acids is 1. The summed E-state index contributed by atoms with van der Waals surface area (Å²) in [6, 6.07) is 3.96. The lowest BCUT2D eigenvalue weighted by Gasteiger charge is -2.22. The largest absolute Gasteiger partial charge is 0.390 e. The summed E-state index contributed by atoms with van der Waals surface area (Å²) in [7, 11) is 0. The molecule has 1 aliphatic rings. The molecule has 1 aromatic carbocycles. The summed E-state index contributed by atoms with van der Waals surface area (Å²) in [5.41, 5.74) is -0.754. The fourth-order valence-electron chi connectivity index (χ4n) is 2.30. The quantitative estimate of drug-likeness (QED) is 0.862. The second-order valence-electron chi connectivity index (χ2n) is 5.27. The number of rotatable bonds is 1. The van der Waals surface area contributed by atoms with Crippen molar-refractivity contribution in [2.75, 3.05) is 13.1 Å². The zero-order valence-corrected chi connectivity index (χ0v) is 11.6. The number of carbonyl (C=O) groups is 1. The minimum absolute atomic E-state index is 0.00552. The highest BCUT2D eigenvalue weighted by molar-refractivity contribution is 6.31. The van der Waals surface area contributed by atoms with Gasteiger partial charge in [0.2, 0.25) is 0 Å². The molecule has 0 bridgehead atoms. The Bertz CT molecular complexity index is 490. The van der Waals surface area contributed by atoms with Crippen LogP contribution < -0.4 is 0 Å². The maximum Gasteiger partial charge on any atom is 0.256 e. The smallest absolute Gasteiger partial charge is 0.256 e. The molecule has 1 atom stereocenters. The SMILES string of the molecule is CC1(O)CCCN(C(=O)c2cc(Cl)ccc2F)CC1. The molecule has 0 aliphatic carbocycles. The van der Waals surface area contributed by atoms with E-state index in [-0.39, 0.29) is 11.5 Å². The zero-order chi connectivity index (χ0) is 14.0. The van der Waals surface area contributed by atoms with Gasteiger partial charge in [-0.15, -0.1) is 0 Å². The van der Waals surface area contributed by atoms with Gasteiger partial charge in [-0.3, -0.25) is 4.79 Å². The Morgan fingerprint density at radius 2 is 2.16 bits per heavy atom. The summed E-state index contributed by atoms with van der Waals surface area (Å²) in [6.07, 6.45) is 1.86. The molecule has 1 N–H and O–H groups in total. The van der Waals surface area contributed by atoms with Crippen LogP contribution in [-0.2, 0) is 0 Å². The third-order valence-electron chi connectivity index (χ3n) is 3.51. The predicted molar refractivity (Wildman–Crippen MR) is 71.8 cm³/mol. The van der Waals surface area contributed by atoms with Crippen molar-refractivity contribution in [2.24, 2.45) is 0 Å². The van der Waals surface area contributed by atoms with Crippen molar-refractivity contribution in [2.45, 2.75) is 31.8 Å². The van der Waals surface area contributed by atoms with Gasteiger partial charge in [0.1, 0.15) is 5.82 Å². The van der Waals surface area contributed by atoms with Crippen LogP contribution >= 0.6 is 11.6 Å². The second-order valence-corrected chi connectivity index (χ2v) is 5.70. The Kier molecular flexibility index (Phi) is 4.11. The lowest BCUT2D eigenvalue weighted by atomic mass is 9.98. The summed E-state index contributed by atoms with van der Waals surface area (Å²) < 4.78 is 13.7. The number of halogens is 2. The molecule has 1 unspecified atom stereocenters. The second kappa shape index (κ2) is 5.47. The Hall–Kier alpha value is -1.13. The monoisotopic (exact) mass is 285 g/mol. The standard InChI is InChI=1S/C14H17ClFNO2/c1-14(19)5-2-7-17(8-6-14)13(18)11-9-10(15)3-4-12(11)16/h3-4,9,19H,2,5-8H2,1H3. The van der Waals surface area contributed by atoms with Gasteiger partial charge in [0, 0.05) is 18.1 Å². The van der Waals surface area contributed by atoms with Gasteiger partial charge < -0.3 is 10.0 Å². The van der Waals surface area contributed by atoms with E-state index in [0.717, 1.165) is 0 Å². The molecule has 104 valence electrons. The summed E-state index contributed by atoms with van der Waals surface area (Å²) in [4.78, 5) is 13.9. The van der Waals surface area contributed by atoms with E-state index in [4.69, 9.17) is 11.6 Å². The Labute approximate surface area is 117 Å².